The van der Waals surface area contributed by atoms with Crippen LogP contribution in [-0.2, 0) is 14.3 Å². The van der Waals surface area contributed by atoms with Crippen molar-refractivity contribution in [1.29, 1.82) is 0 Å². The van der Waals surface area contributed by atoms with E-state index in [-0.39, 0.29) is 18.6 Å². The Morgan fingerprint density at radius 1 is 1.36 bits per heavy atom. The van der Waals surface area contributed by atoms with E-state index in [2.05, 4.69) is 0 Å². The summed E-state index contributed by atoms with van der Waals surface area (Å²) >= 11 is 0. The van der Waals surface area contributed by atoms with Crippen LogP contribution in [0.15, 0.2) is 30.3 Å². The first-order valence-corrected chi connectivity index (χ1v) is 8.52. The van der Waals surface area contributed by atoms with Gasteiger partial charge in [-0.2, -0.15) is 0 Å². The highest BCUT2D eigenvalue weighted by molar-refractivity contribution is 5.76. The molecule has 0 spiro atoms. The summed E-state index contributed by atoms with van der Waals surface area (Å²) in [6.45, 7) is 2.53. The van der Waals surface area contributed by atoms with Gasteiger partial charge in [-0.05, 0) is 25.6 Å². The molecule has 1 aliphatic heterocycles. The number of carbonyl (C=O) groups is 2. The van der Waals surface area contributed by atoms with Gasteiger partial charge >= 0.3 is 5.97 Å². The Kier molecular flexibility index (Phi) is 7.69. The highest BCUT2D eigenvalue weighted by Gasteiger charge is 2.25. The van der Waals surface area contributed by atoms with Crippen molar-refractivity contribution in [3.8, 4) is 5.75 Å². The Hall–Kier alpha value is -2.12. The molecule has 1 aromatic carbocycles. The van der Waals surface area contributed by atoms with Crippen molar-refractivity contribution in [3.05, 3.63) is 30.3 Å². The number of nitrogens with zero attached hydrogens (tertiary/aromatic N) is 2. The SMILES string of the molecule is CN(CC(=O)O)CC1CN(C(=O)CCCOc2ccccc2)CCO1. The maximum atomic E-state index is 12.3. The van der Waals surface area contributed by atoms with Crippen molar-refractivity contribution in [2.75, 3.05) is 46.4 Å². The smallest absolute Gasteiger partial charge is 0.317 e. The molecule has 0 bridgehead atoms. The minimum Gasteiger partial charge on any atom is -0.494 e. The molecule has 1 saturated heterocycles. The molecular formula is C18H26N2O5. The van der Waals surface area contributed by atoms with E-state index in [1.807, 2.05) is 30.3 Å². The molecule has 1 atom stereocenters. The Labute approximate surface area is 148 Å². The van der Waals surface area contributed by atoms with Crippen LogP contribution >= 0.6 is 0 Å². The van der Waals surface area contributed by atoms with Crippen molar-refractivity contribution in [2.45, 2.75) is 18.9 Å². The first-order chi connectivity index (χ1) is 12.0. The molecule has 0 aliphatic carbocycles. The van der Waals surface area contributed by atoms with Crippen LogP contribution in [0.3, 0.4) is 0 Å². The number of ether oxygens (including phenoxy) is 2. The van der Waals surface area contributed by atoms with Crippen molar-refractivity contribution >= 4 is 11.9 Å². The van der Waals surface area contributed by atoms with E-state index in [0.29, 0.717) is 45.7 Å². The number of benzene rings is 1. The Bertz CT molecular complexity index is 552. The average molecular weight is 350 g/mol. The lowest BCUT2D eigenvalue weighted by Gasteiger charge is -2.34. The molecule has 1 fully saturated rings. The zero-order valence-electron chi connectivity index (χ0n) is 14.6. The maximum Gasteiger partial charge on any atom is 0.317 e. The maximum absolute atomic E-state index is 12.3. The minimum absolute atomic E-state index is 0.0371. The van der Waals surface area contributed by atoms with Crippen molar-refractivity contribution < 1.29 is 24.2 Å². The third-order valence-electron chi connectivity index (χ3n) is 3.96. The standard InChI is InChI=1S/C18H26N2O5/c1-19(14-18(22)23)12-16-13-20(9-11-25-16)17(21)8-5-10-24-15-6-3-2-4-7-15/h2-4,6-7,16H,5,8-14H2,1H3,(H,22,23). The molecule has 1 N–H and O–H groups in total. The molecule has 1 heterocycles. The number of carboxylic acids is 1. The summed E-state index contributed by atoms with van der Waals surface area (Å²) in [6.07, 6.45) is 0.946. The molecule has 138 valence electrons. The summed E-state index contributed by atoms with van der Waals surface area (Å²) in [5, 5.41) is 8.80. The van der Waals surface area contributed by atoms with Gasteiger partial charge in [-0.25, -0.2) is 0 Å². The number of amides is 1. The molecule has 1 unspecified atom stereocenters. The van der Waals surface area contributed by atoms with Crippen LogP contribution in [0.1, 0.15) is 12.8 Å². The van der Waals surface area contributed by atoms with E-state index in [4.69, 9.17) is 14.6 Å². The second kappa shape index (κ2) is 10.0. The van der Waals surface area contributed by atoms with Gasteiger partial charge in [0.2, 0.25) is 5.91 Å². The molecule has 1 amide bonds. The highest BCUT2D eigenvalue weighted by Crippen LogP contribution is 2.11. The second-order valence-electron chi connectivity index (χ2n) is 6.19. The van der Waals surface area contributed by atoms with Gasteiger partial charge in [0.1, 0.15) is 5.75 Å². The fourth-order valence-corrected chi connectivity index (χ4v) is 2.79. The van der Waals surface area contributed by atoms with Crippen LogP contribution in [0.2, 0.25) is 0 Å². The molecule has 0 aromatic heterocycles. The summed E-state index contributed by atoms with van der Waals surface area (Å²) in [6, 6.07) is 9.54. The first-order valence-electron chi connectivity index (χ1n) is 8.52. The van der Waals surface area contributed by atoms with Crippen LogP contribution in [0.25, 0.3) is 0 Å². The van der Waals surface area contributed by atoms with Crippen molar-refractivity contribution in [2.24, 2.45) is 0 Å². The van der Waals surface area contributed by atoms with Gasteiger partial charge in [-0.15, -0.1) is 0 Å². The van der Waals surface area contributed by atoms with Gasteiger partial charge in [0.15, 0.2) is 0 Å². The number of hydrogen-bond acceptors (Lipinski definition) is 5. The number of likely N-dealkylation sites (N-methyl/N-ethyl adjacent to an activating group) is 1. The summed E-state index contributed by atoms with van der Waals surface area (Å²) in [5.41, 5.74) is 0. The lowest BCUT2D eigenvalue weighted by molar-refractivity contribution is -0.142. The summed E-state index contributed by atoms with van der Waals surface area (Å²) < 4.78 is 11.2. The second-order valence-corrected chi connectivity index (χ2v) is 6.19. The number of hydrogen-bond donors (Lipinski definition) is 1. The van der Waals surface area contributed by atoms with E-state index >= 15 is 0 Å². The van der Waals surface area contributed by atoms with Crippen LogP contribution in [0.4, 0.5) is 0 Å². The van der Waals surface area contributed by atoms with Crippen molar-refractivity contribution in [3.63, 3.8) is 0 Å². The van der Waals surface area contributed by atoms with Gasteiger partial charge in [0, 0.05) is 26.1 Å². The number of morpholine rings is 1. The van der Waals surface area contributed by atoms with Crippen LogP contribution in [-0.4, -0.2) is 79.3 Å². The van der Waals surface area contributed by atoms with E-state index in [1.165, 1.54) is 0 Å². The predicted molar refractivity (Wildman–Crippen MR) is 92.6 cm³/mol. The monoisotopic (exact) mass is 350 g/mol. The summed E-state index contributed by atoms with van der Waals surface area (Å²) in [5.74, 6) is 0.0263. The summed E-state index contributed by atoms with van der Waals surface area (Å²) in [7, 11) is 1.74. The Morgan fingerprint density at radius 3 is 2.84 bits per heavy atom. The van der Waals surface area contributed by atoms with Gasteiger partial charge in [-0.3, -0.25) is 14.5 Å². The van der Waals surface area contributed by atoms with Crippen LogP contribution in [0, 0.1) is 0 Å². The number of rotatable bonds is 9. The van der Waals surface area contributed by atoms with E-state index in [1.54, 1.807) is 16.8 Å². The topological polar surface area (TPSA) is 79.3 Å². The van der Waals surface area contributed by atoms with Crippen molar-refractivity contribution in [1.82, 2.24) is 9.80 Å². The number of carboxylic acid groups (broad SMARTS) is 1. The van der Waals surface area contributed by atoms with Gasteiger partial charge in [0.25, 0.3) is 0 Å². The third-order valence-corrected chi connectivity index (χ3v) is 3.96. The number of para-hydroxylation sites is 1. The predicted octanol–water partition coefficient (Wildman–Crippen LogP) is 1.09. The molecule has 1 aromatic rings. The fraction of sp³-hybridized carbons (Fsp3) is 0.556. The lowest BCUT2D eigenvalue weighted by atomic mass is 10.2. The highest BCUT2D eigenvalue weighted by atomic mass is 16.5. The van der Waals surface area contributed by atoms with E-state index in [9.17, 15) is 9.59 Å². The van der Waals surface area contributed by atoms with Gasteiger partial charge in [-0.1, -0.05) is 18.2 Å². The molecule has 0 radical (unpaired) electrons. The Morgan fingerprint density at radius 2 is 2.12 bits per heavy atom. The molecule has 7 heteroatoms. The Balaban J connectivity index is 1.67. The lowest BCUT2D eigenvalue weighted by Crippen LogP contribution is -2.49. The summed E-state index contributed by atoms with van der Waals surface area (Å²) in [4.78, 5) is 26.5. The quantitative estimate of drug-likeness (QED) is 0.672. The molecule has 7 nitrogen and oxygen atoms in total. The molecule has 25 heavy (non-hydrogen) atoms. The van der Waals surface area contributed by atoms with Crippen LogP contribution < -0.4 is 4.74 Å². The molecule has 2 rings (SSSR count). The zero-order chi connectivity index (χ0) is 18.1. The molecule has 1 aliphatic rings. The molecule has 0 saturated carbocycles. The largest absolute Gasteiger partial charge is 0.494 e. The number of aliphatic carboxylic acids is 1. The first kappa shape index (κ1) is 19.2. The van der Waals surface area contributed by atoms with Crippen LogP contribution in [0.5, 0.6) is 5.75 Å². The fourth-order valence-electron chi connectivity index (χ4n) is 2.79. The normalized spacial score (nSPS) is 17.5. The average Bonchev–Trinajstić information content (AvgIpc) is 2.59. The minimum atomic E-state index is -0.871. The zero-order valence-corrected chi connectivity index (χ0v) is 14.6. The molecular weight excluding hydrogens is 324 g/mol. The third kappa shape index (κ3) is 7.11. The number of carbonyl (C=O) groups excluding carboxylic acids is 1. The van der Waals surface area contributed by atoms with E-state index in [0.717, 1.165) is 5.75 Å². The van der Waals surface area contributed by atoms with Gasteiger partial charge < -0.3 is 19.5 Å². The van der Waals surface area contributed by atoms with E-state index < -0.39 is 5.97 Å². The van der Waals surface area contributed by atoms with Gasteiger partial charge in [0.05, 0.1) is 25.9 Å².